The van der Waals surface area contributed by atoms with Gasteiger partial charge in [0.05, 0.1) is 5.00 Å². The number of hydrogen-bond donors (Lipinski definition) is 1. The van der Waals surface area contributed by atoms with Crippen LogP contribution in [-0.4, -0.2) is 0 Å². The highest BCUT2D eigenvalue weighted by molar-refractivity contribution is 7.25. The monoisotopic (exact) mass is 487 g/mol. The molecule has 2 unspecified atom stereocenters. The molecule has 5 heteroatoms. The van der Waals surface area contributed by atoms with Crippen LogP contribution in [0.4, 0.5) is 5.00 Å². The molecular formula is C27H21NS4. The van der Waals surface area contributed by atoms with Crippen LogP contribution in [0.5, 0.6) is 0 Å². The minimum Gasteiger partial charge on any atom is -0.391 e. The fourth-order valence-electron chi connectivity index (χ4n) is 5.25. The van der Waals surface area contributed by atoms with Crippen LogP contribution in [0.15, 0.2) is 48.5 Å². The fourth-order valence-corrected chi connectivity index (χ4v) is 9.64. The van der Waals surface area contributed by atoms with Gasteiger partial charge < -0.3 is 5.73 Å². The molecule has 0 aliphatic heterocycles. The Morgan fingerprint density at radius 2 is 1.12 bits per heavy atom. The quantitative estimate of drug-likeness (QED) is 0.264. The van der Waals surface area contributed by atoms with E-state index in [1.165, 1.54) is 67.5 Å². The number of nitrogens with two attached hydrogens (primary N) is 1. The molecule has 0 radical (unpaired) electrons. The lowest BCUT2D eigenvalue weighted by Crippen LogP contribution is -1.93. The van der Waals surface area contributed by atoms with E-state index in [1.807, 2.05) is 40.1 Å². The minimum atomic E-state index is 0.436. The van der Waals surface area contributed by atoms with Crippen molar-refractivity contribution in [2.75, 3.05) is 5.73 Å². The van der Waals surface area contributed by atoms with Gasteiger partial charge in [-0.3, -0.25) is 0 Å². The highest BCUT2D eigenvalue weighted by atomic mass is 32.1. The zero-order chi connectivity index (χ0) is 21.7. The van der Waals surface area contributed by atoms with Crippen molar-refractivity contribution >= 4 is 50.3 Å². The number of anilines is 1. The second-order valence-electron chi connectivity index (χ2n) is 8.87. The molecule has 32 heavy (non-hydrogen) atoms. The van der Waals surface area contributed by atoms with Crippen LogP contribution in [-0.2, 0) is 0 Å². The van der Waals surface area contributed by atoms with Crippen molar-refractivity contribution in [2.24, 2.45) is 0 Å². The van der Waals surface area contributed by atoms with Crippen LogP contribution in [0.25, 0.3) is 40.4 Å². The number of aryl methyl sites for hydroxylation is 1. The number of hydrogen-bond acceptors (Lipinski definition) is 5. The summed E-state index contributed by atoms with van der Waals surface area (Å²) in [6.45, 7) is 6.93. The predicted molar refractivity (Wildman–Crippen MR) is 144 cm³/mol. The molecule has 2 N–H and O–H groups in total. The number of rotatable bonds is 2. The lowest BCUT2D eigenvalue weighted by atomic mass is 9.93. The number of nitrogen functional groups attached to an aromatic ring is 1. The molecule has 158 valence electrons. The van der Waals surface area contributed by atoms with Crippen LogP contribution >= 0.6 is 45.3 Å². The summed E-state index contributed by atoms with van der Waals surface area (Å²) in [6, 6.07) is 18.5. The Bertz CT molecular complexity index is 1420. The van der Waals surface area contributed by atoms with E-state index >= 15 is 0 Å². The van der Waals surface area contributed by atoms with Crippen molar-refractivity contribution in [3.63, 3.8) is 0 Å². The molecule has 0 spiro atoms. The zero-order valence-electron chi connectivity index (χ0n) is 18.0. The first-order chi connectivity index (χ1) is 15.5. The van der Waals surface area contributed by atoms with E-state index in [0.717, 1.165) is 5.00 Å². The Hall–Kier alpha value is -2.18. The molecular weight excluding hydrogens is 467 g/mol. The lowest BCUT2D eigenvalue weighted by molar-refractivity contribution is 0.946. The van der Waals surface area contributed by atoms with Crippen LogP contribution in [0, 0.1) is 6.92 Å². The van der Waals surface area contributed by atoms with Gasteiger partial charge in [-0.05, 0) is 88.8 Å². The van der Waals surface area contributed by atoms with Gasteiger partial charge in [-0.2, -0.15) is 0 Å². The van der Waals surface area contributed by atoms with Gasteiger partial charge >= 0.3 is 0 Å². The summed E-state index contributed by atoms with van der Waals surface area (Å²) in [5, 5.41) is 0.886. The summed E-state index contributed by atoms with van der Waals surface area (Å²) in [5.74, 6) is 0.888. The first kappa shape index (κ1) is 19.3. The van der Waals surface area contributed by atoms with E-state index in [4.69, 9.17) is 5.73 Å². The van der Waals surface area contributed by atoms with Gasteiger partial charge in [0.2, 0.25) is 0 Å². The van der Waals surface area contributed by atoms with Gasteiger partial charge in [0, 0.05) is 46.0 Å². The SMILES string of the molecule is Cc1ccc(-c2cc3c(s2)-c2cc4c(cc2C3C)-c2sc(-c3ccc(N)s3)cc2C4C)s1. The topological polar surface area (TPSA) is 26.0 Å². The third-order valence-corrected chi connectivity index (χ3v) is 11.6. The van der Waals surface area contributed by atoms with Gasteiger partial charge in [0.15, 0.2) is 0 Å². The molecule has 0 amide bonds. The number of fused-ring (bicyclic) bond motifs is 6. The van der Waals surface area contributed by atoms with E-state index in [2.05, 4.69) is 63.2 Å². The van der Waals surface area contributed by atoms with Crippen molar-refractivity contribution in [2.45, 2.75) is 32.6 Å². The van der Waals surface area contributed by atoms with E-state index in [-0.39, 0.29) is 0 Å². The van der Waals surface area contributed by atoms with E-state index < -0.39 is 0 Å². The molecule has 0 saturated carbocycles. The highest BCUT2D eigenvalue weighted by Gasteiger charge is 2.35. The molecule has 2 aliphatic carbocycles. The average Bonchev–Trinajstić information content (AvgIpc) is 3.58. The van der Waals surface area contributed by atoms with Gasteiger partial charge in [-0.1, -0.05) is 13.8 Å². The Balaban J connectivity index is 1.34. The molecule has 2 atom stereocenters. The third-order valence-electron chi connectivity index (χ3n) is 6.95. The maximum absolute atomic E-state index is 5.99. The smallest absolute Gasteiger partial charge is 0.0863 e. The Labute approximate surface area is 203 Å². The van der Waals surface area contributed by atoms with Crippen molar-refractivity contribution in [3.05, 3.63) is 75.7 Å². The van der Waals surface area contributed by atoms with Gasteiger partial charge in [-0.15, -0.1) is 45.3 Å². The highest BCUT2D eigenvalue weighted by Crippen LogP contribution is 2.57. The zero-order valence-corrected chi connectivity index (χ0v) is 21.2. The Kier molecular flexibility index (Phi) is 4.02. The summed E-state index contributed by atoms with van der Waals surface area (Å²) < 4.78 is 0. The number of benzene rings is 1. The summed E-state index contributed by atoms with van der Waals surface area (Å²) >= 11 is 7.48. The minimum absolute atomic E-state index is 0.436. The van der Waals surface area contributed by atoms with Crippen molar-refractivity contribution in [1.29, 1.82) is 0 Å². The molecule has 0 saturated heterocycles. The van der Waals surface area contributed by atoms with Gasteiger partial charge in [0.1, 0.15) is 0 Å². The summed E-state index contributed by atoms with van der Waals surface area (Å²) in [5.41, 5.74) is 14.9. The standard InChI is InChI=1S/C27H21NS4/c1-12-4-5-21(29-12)23-10-17-13(2)15-9-20-16(8-19(15)26(17)31-23)14(3)18-11-24(32-27(18)20)22-6-7-25(28)30-22/h4-11,13-14H,28H2,1-3H3. The summed E-state index contributed by atoms with van der Waals surface area (Å²) in [7, 11) is 0. The molecule has 2 aliphatic rings. The number of thiophene rings is 4. The van der Waals surface area contributed by atoms with Crippen LogP contribution in [0.1, 0.15) is 52.8 Å². The molecule has 0 bridgehead atoms. The fraction of sp³-hybridized carbons (Fsp3) is 0.185. The average molecular weight is 488 g/mol. The first-order valence-corrected chi connectivity index (χ1v) is 14.1. The second kappa shape index (κ2) is 6.67. The lowest BCUT2D eigenvalue weighted by Gasteiger charge is -2.12. The molecule has 1 nitrogen and oxygen atoms in total. The summed E-state index contributed by atoms with van der Waals surface area (Å²) in [4.78, 5) is 9.75. The molecule has 1 aromatic carbocycles. The van der Waals surface area contributed by atoms with E-state index in [9.17, 15) is 0 Å². The molecule has 5 aromatic rings. The normalized spacial score (nSPS) is 18.0. The van der Waals surface area contributed by atoms with Crippen molar-refractivity contribution < 1.29 is 0 Å². The predicted octanol–water partition coefficient (Wildman–Crippen LogP) is 9.42. The maximum atomic E-state index is 5.99. The molecule has 0 fully saturated rings. The molecule has 7 rings (SSSR count). The molecule has 4 heterocycles. The summed E-state index contributed by atoms with van der Waals surface area (Å²) in [6.07, 6.45) is 0. The van der Waals surface area contributed by atoms with Crippen molar-refractivity contribution in [3.8, 4) is 40.4 Å². The van der Waals surface area contributed by atoms with Crippen LogP contribution < -0.4 is 5.73 Å². The maximum Gasteiger partial charge on any atom is 0.0863 e. The van der Waals surface area contributed by atoms with Crippen LogP contribution in [0.3, 0.4) is 0 Å². The van der Waals surface area contributed by atoms with E-state index in [0.29, 0.717) is 11.8 Å². The Morgan fingerprint density at radius 1 is 0.594 bits per heavy atom. The van der Waals surface area contributed by atoms with E-state index in [1.54, 1.807) is 11.3 Å². The third kappa shape index (κ3) is 2.59. The Morgan fingerprint density at radius 3 is 1.59 bits per heavy atom. The molecule has 4 aromatic heterocycles. The van der Waals surface area contributed by atoms with Gasteiger partial charge in [0.25, 0.3) is 0 Å². The van der Waals surface area contributed by atoms with Gasteiger partial charge in [-0.25, -0.2) is 0 Å². The largest absolute Gasteiger partial charge is 0.391 e. The first-order valence-electron chi connectivity index (χ1n) is 10.9. The second-order valence-corrected chi connectivity index (χ2v) is 13.4. The van der Waals surface area contributed by atoms with Crippen LogP contribution in [0.2, 0.25) is 0 Å². The van der Waals surface area contributed by atoms with Crippen molar-refractivity contribution in [1.82, 2.24) is 0 Å².